The zero-order valence-electron chi connectivity index (χ0n) is 15.4. The minimum absolute atomic E-state index is 0.0281. The molecule has 7 heteroatoms. The lowest BCUT2D eigenvalue weighted by molar-refractivity contribution is -0.122. The van der Waals surface area contributed by atoms with E-state index < -0.39 is 0 Å². The second kappa shape index (κ2) is 7.68. The maximum absolute atomic E-state index is 12.8. The third-order valence-corrected chi connectivity index (χ3v) is 5.29. The predicted octanol–water partition coefficient (Wildman–Crippen LogP) is 1.07. The normalized spacial score (nSPS) is 20.2. The van der Waals surface area contributed by atoms with Crippen LogP contribution in [0.5, 0.6) is 0 Å². The molecule has 4 rings (SSSR count). The van der Waals surface area contributed by atoms with Gasteiger partial charge in [-0.1, -0.05) is 6.07 Å². The van der Waals surface area contributed by atoms with E-state index >= 15 is 0 Å². The zero-order chi connectivity index (χ0) is 18.8. The van der Waals surface area contributed by atoms with Crippen LogP contribution < -0.4 is 10.6 Å². The van der Waals surface area contributed by atoms with Gasteiger partial charge in [0.2, 0.25) is 11.8 Å². The van der Waals surface area contributed by atoms with Crippen molar-refractivity contribution < 1.29 is 14.4 Å². The summed E-state index contributed by atoms with van der Waals surface area (Å²) in [4.78, 5) is 40.5. The molecule has 1 heterocycles. The first-order chi connectivity index (χ1) is 13.1. The van der Waals surface area contributed by atoms with Crippen molar-refractivity contribution >= 4 is 23.4 Å². The van der Waals surface area contributed by atoms with E-state index in [1.54, 1.807) is 18.2 Å². The van der Waals surface area contributed by atoms with Crippen molar-refractivity contribution in [3.8, 4) is 0 Å². The van der Waals surface area contributed by atoms with E-state index in [-0.39, 0.29) is 23.6 Å². The summed E-state index contributed by atoms with van der Waals surface area (Å²) in [5.41, 5.74) is 1.26. The number of amides is 3. The van der Waals surface area contributed by atoms with Gasteiger partial charge in [-0.2, -0.15) is 0 Å². The number of carbonyl (C=O) groups excluding carboxylic acids is 3. The van der Waals surface area contributed by atoms with Crippen LogP contribution in [0.3, 0.4) is 0 Å². The van der Waals surface area contributed by atoms with Crippen LogP contribution in [0.1, 0.15) is 36.0 Å². The molecule has 27 heavy (non-hydrogen) atoms. The fourth-order valence-corrected chi connectivity index (χ4v) is 3.32. The molecule has 1 aromatic carbocycles. The molecule has 2 aliphatic carbocycles. The second-order valence-corrected chi connectivity index (χ2v) is 7.75. The number of hydrogen-bond acceptors (Lipinski definition) is 4. The number of nitrogens with one attached hydrogen (secondary N) is 2. The van der Waals surface area contributed by atoms with Gasteiger partial charge in [0.05, 0.1) is 6.54 Å². The van der Waals surface area contributed by atoms with Crippen molar-refractivity contribution in [1.29, 1.82) is 0 Å². The Morgan fingerprint density at radius 3 is 2.41 bits per heavy atom. The van der Waals surface area contributed by atoms with Gasteiger partial charge >= 0.3 is 0 Å². The van der Waals surface area contributed by atoms with Crippen molar-refractivity contribution in [1.82, 2.24) is 15.1 Å². The van der Waals surface area contributed by atoms with Gasteiger partial charge in [-0.05, 0) is 43.9 Å². The first-order valence-electron chi connectivity index (χ1n) is 9.80. The van der Waals surface area contributed by atoms with Gasteiger partial charge in [-0.15, -0.1) is 0 Å². The van der Waals surface area contributed by atoms with Gasteiger partial charge < -0.3 is 15.5 Å². The van der Waals surface area contributed by atoms with E-state index in [9.17, 15) is 14.4 Å². The molecule has 0 radical (unpaired) electrons. The maximum Gasteiger partial charge on any atom is 0.254 e. The predicted molar refractivity (Wildman–Crippen MR) is 101 cm³/mol. The van der Waals surface area contributed by atoms with Crippen LogP contribution >= 0.6 is 0 Å². The first-order valence-corrected chi connectivity index (χ1v) is 9.80. The molecule has 0 atom stereocenters. The molecule has 2 N–H and O–H groups in total. The number of nitrogens with zero attached hydrogens (tertiary/aromatic N) is 2. The smallest absolute Gasteiger partial charge is 0.254 e. The molecule has 0 spiro atoms. The topological polar surface area (TPSA) is 81.8 Å². The maximum atomic E-state index is 12.8. The fourth-order valence-electron chi connectivity index (χ4n) is 3.32. The van der Waals surface area contributed by atoms with Crippen molar-refractivity contribution in [3.05, 3.63) is 29.8 Å². The Kier molecular flexibility index (Phi) is 5.11. The van der Waals surface area contributed by atoms with Crippen LogP contribution in [0, 0.1) is 5.92 Å². The highest BCUT2D eigenvalue weighted by Gasteiger charge is 2.30. The van der Waals surface area contributed by atoms with E-state index in [2.05, 4.69) is 15.5 Å². The Morgan fingerprint density at radius 2 is 1.74 bits per heavy atom. The molecule has 3 amide bonds. The van der Waals surface area contributed by atoms with Gasteiger partial charge in [-0.3, -0.25) is 19.3 Å². The number of benzene rings is 1. The lowest BCUT2D eigenvalue weighted by Gasteiger charge is -2.34. The molecular formula is C20H26N4O3. The Morgan fingerprint density at radius 1 is 1.00 bits per heavy atom. The second-order valence-electron chi connectivity index (χ2n) is 7.75. The highest BCUT2D eigenvalue weighted by atomic mass is 16.2. The highest BCUT2D eigenvalue weighted by Crippen LogP contribution is 2.30. The van der Waals surface area contributed by atoms with E-state index in [1.807, 2.05) is 11.0 Å². The van der Waals surface area contributed by atoms with Gasteiger partial charge in [0.25, 0.3) is 5.91 Å². The summed E-state index contributed by atoms with van der Waals surface area (Å²) in [6, 6.07) is 7.53. The Balaban J connectivity index is 1.28. The first kappa shape index (κ1) is 18.0. The zero-order valence-corrected chi connectivity index (χ0v) is 15.4. The Bertz CT molecular complexity index is 734. The van der Waals surface area contributed by atoms with E-state index in [4.69, 9.17) is 0 Å². The molecule has 7 nitrogen and oxygen atoms in total. The summed E-state index contributed by atoms with van der Waals surface area (Å²) in [5, 5.41) is 5.89. The lowest BCUT2D eigenvalue weighted by atomic mass is 10.1. The van der Waals surface area contributed by atoms with Crippen molar-refractivity contribution in [2.45, 2.75) is 31.7 Å². The number of rotatable bonds is 6. The van der Waals surface area contributed by atoms with Crippen LogP contribution in [-0.4, -0.2) is 66.3 Å². The number of carbonyl (C=O) groups is 3. The summed E-state index contributed by atoms with van der Waals surface area (Å²) in [6.07, 6.45) is 4.09. The van der Waals surface area contributed by atoms with Gasteiger partial charge in [-0.25, -0.2) is 0 Å². The standard InChI is InChI=1S/C20H26N4O3/c25-18(21-16-6-7-16)13-23-8-10-24(11-9-23)20(27)15-2-1-3-17(12-15)22-19(26)14-4-5-14/h1-3,12,14,16H,4-11,13H2,(H,21,25)(H,22,26). The Labute approximate surface area is 159 Å². The number of anilines is 1. The molecule has 144 valence electrons. The Hall–Kier alpha value is -2.41. The average molecular weight is 370 g/mol. The summed E-state index contributed by atoms with van der Waals surface area (Å²) < 4.78 is 0. The van der Waals surface area contributed by atoms with Gasteiger partial charge in [0.15, 0.2) is 0 Å². The molecule has 3 fully saturated rings. The van der Waals surface area contributed by atoms with Crippen molar-refractivity contribution in [2.24, 2.45) is 5.92 Å². The summed E-state index contributed by atoms with van der Waals surface area (Å²) in [6.45, 7) is 3.01. The third kappa shape index (κ3) is 4.86. The minimum Gasteiger partial charge on any atom is -0.352 e. The molecule has 1 aliphatic heterocycles. The van der Waals surface area contributed by atoms with Gasteiger partial charge in [0, 0.05) is 49.4 Å². The summed E-state index contributed by atoms with van der Waals surface area (Å²) in [7, 11) is 0. The fraction of sp³-hybridized carbons (Fsp3) is 0.550. The minimum atomic E-state index is -0.0281. The average Bonchev–Trinajstić information content (AvgIpc) is 3.55. The van der Waals surface area contributed by atoms with E-state index in [0.29, 0.717) is 50.0 Å². The molecular weight excluding hydrogens is 344 g/mol. The summed E-state index contributed by atoms with van der Waals surface area (Å²) in [5.74, 6) is 0.225. The monoisotopic (exact) mass is 370 g/mol. The molecule has 1 aromatic rings. The van der Waals surface area contributed by atoms with Crippen LogP contribution in [0.15, 0.2) is 24.3 Å². The largest absolute Gasteiger partial charge is 0.352 e. The molecule has 0 unspecified atom stereocenters. The summed E-state index contributed by atoms with van der Waals surface area (Å²) >= 11 is 0. The van der Waals surface area contributed by atoms with Crippen LogP contribution in [-0.2, 0) is 9.59 Å². The third-order valence-electron chi connectivity index (χ3n) is 5.29. The van der Waals surface area contributed by atoms with Crippen LogP contribution in [0.4, 0.5) is 5.69 Å². The highest BCUT2D eigenvalue weighted by molar-refractivity contribution is 5.98. The van der Waals surface area contributed by atoms with Crippen LogP contribution in [0.25, 0.3) is 0 Å². The van der Waals surface area contributed by atoms with Crippen molar-refractivity contribution in [2.75, 3.05) is 38.0 Å². The molecule has 0 bridgehead atoms. The van der Waals surface area contributed by atoms with Gasteiger partial charge in [0.1, 0.15) is 0 Å². The SMILES string of the molecule is O=C(CN1CCN(C(=O)c2cccc(NC(=O)C3CC3)c2)CC1)NC1CC1. The molecule has 3 aliphatic rings. The quantitative estimate of drug-likeness (QED) is 0.785. The van der Waals surface area contributed by atoms with Crippen LogP contribution in [0.2, 0.25) is 0 Å². The van der Waals surface area contributed by atoms with E-state index in [0.717, 1.165) is 25.7 Å². The molecule has 0 aromatic heterocycles. The lowest BCUT2D eigenvalue weighted by Crippen LogP contribution is -2.51. The van der Waals surface area contributed by atoms with E-state index in [1.165, 1.54) is 0 Å². The number of piperazine rings is 1. The van der Waals surface area contributed by atoms with Crippen molar-refractivity contribution in [3.63, 3.8) is 0 Å². The molecule has 1 saturated heterocycles. The molecule has 2 saturated carbocycles. The number of hydrogen-bond donors (Lipinski definition) is 2.